The van der Waals surface area contributed by atoms with Gasteiger partial charge in [0.05, 0.1) is 0 Å². The van der Waals surface area contributed by atoms with Gasteiger partial charge in [0.2, 0.25) is 5.91 Å². The number of amides is 3. The van der Waals surface area contributed by atoms with Gasteiger partial charge in [-0.1, -0.05) is 6.07 Å². The lowest BCUT2D eigenvalue weighted by molar-refractivity contribution is 0.0791. The van der Waals surface area contributed by atoms with Crippen molar-refractivity contribution in [2.45, 2.75) is 19.8 Å². The first-order valence-corrected chi connectivity index (χ1v) is 10.8. The molecule has 7 nitrogen and oxygen atoms in total. The molecule has 4 rings (SSSR count). The quantitative estimate of drug-likeness (QED) is 0.590. The number of nitrogens with zero attached hydrogens (tertiary/aromatic N) is 1. The molecule has 1 aliphatic heterocycles. The fourth-order valence-electron chi connectivity index (χ4n) is 3.79. The van der Waals surface area contributed by atoms with Gasteiger partial charge in [-0.05, 0) is 86.0 Å². The van der Waals surface area contributed by atoms with E-state index in [9.17, 15) is 14.4 Å². The van der Waals surface area contributed by atoms with E-state index in [2.05, 4.69) is 5.32 Å². The molecule has 0 aliphatic carbocycles. The van der Waals surface area contributed by atoms with Crippen LogP contribution in [-0.2, 0) is 0 Å². The number of benzene rings is 3. The number of nitrogens with two attached hydrogens (primary N) is 1. The van der Waals surface area contributed by atoms with E-state index in [0.717, 1.165) is 31.5 Å². The molecule has 0 bridgehead atoms. The van der Waals surface area contributed by atoms with Gasteiger partial charge in [-0.2, -0.15) is 0 Å². The Hall–Kier alpha value is -4.13. The van der Waals surface area contributed by atoms with Crippen molar-refractivity contribution in [2.24, 2.45) is 5.73 Å². The maximum atomic E-state index is 12.8. The Balaban J connectivity index is 1.43. The fraction of sp³-hybridized carbons (Fsp3) is 0.192. The molecule has 0 atom stereocenters. The van der Waals surface area contributed by atoms with E-state index < -0.39 is 5.91 Å². The summed E-state index contributed by atoms with van der Waals surface area (Å²) in [6.07, 6.45) is 2.05. The number of hydrogen-bond donors (Lipinski definition) is 2. The molecule has 1 fully saturated rings. The number of nitrogens with one attached hydrogen (secondary N) is 1. The van der Waals surface area contributed by atoms with Crippen molar-refractivity contribution in [1.29, 1.82) is 0 Å². The largest absolute Gasteiger partial charge is 0.457 e. The van der Waals surface area contributed by atoms with Crippen LogP contribution in [0.25, 0.3) is 0 Å². The van der Waals surface area contributed by atoms with E-state index in [4.69, 9.17) is 10.5 Å². The van der Waals surface area contributed by atoms with Gasteiger partial charge in [-0.15, -0.1) is 0 Å². The smallest absolute Gasteiger partial charge is 0.255 e. The number of likely N-dealkylation sites (tertiary alicyclic amines) is 1. The second-order valence-electron chi connectivity index (χ2n) is 7.95. The molecule has 1 saturated heterocycles. The van der Waals surface area contributed by atoms with Crippen LogP contribution in [0.3, 0.4) is 0 Å². The molecule has 33 heavy (non-hydrogen) atoms. The normalized spacial score (nSPS) is 12.9. The lowest BCUT2D eigenvalue weighted by atomic mass is 10.0. The first-order chi connectivity index (χ1) is 15.9. The van der Waals surface area contributed by atoms with Crippen LogP contribution >= 0.6 is 0 Å². The second kappa shape index (κ2) is 9.56. The van der Waals surface area contributed by atoms with Crippen LogP contribution in [0, 0.1) is 6.92 Å². The average molecular weight is 444 g/mol. The van der Waals surface area contributed by atoms with Crippen LogP contribution in [0.4, 0.5) is 5.69 Å². The van der Waals surface area contributed by atoms with Gasteiger partial charge in [0.15, 0.2) is 0 Å². The van der Waals surface area contributed by atoms with Gasteiger partial charge >= 0.3 is 0 Å². The highest BCUT2D eigenvalue weighted by atomic mass is 16.5. The summed E-state index contributed by atoms with van der Waals surface area (Å²) < 4.78 is 5.75. The zero-order valence-electron chi connectivity index (χ0n) is 18.3. The highest BCUT2D eigenvalue weighted by Crippen LogP contribution is 2.25. The minimum Gasteiger partial charge on any atom is -0.457 e. The molecule has 3 amide bonds. The molecule has 0 saturated carbocycles. The molecule has 7 heteroatoms. The maximum Gasteiger partial charge on any atom is 0.255 e. The first-order valence-electron chi connectivity index (χ1n) is 10.8. The molecule has 0 aromatic heterocycles. The molecule has 3 aromatic rings. The molecule has 0 spiro atoms. The van der Waals surface area contributed by atoms with Gasteiger partial charge in [-0.25, -0.2) is 0 Å². The van der Waals surface area contributed by atoms with E-state index in [0.29, 0.717) is 33.9 Å². The monoisotopic (exact) mass is 443 g/mol. The molecule has 3 aromatic carbocycles. The number of ether oxygens (including phenoxy) is 1. The lowest BCUT2D eigenvalue weighted by Gasteiger charge is -2.18. The van der Waals surface area contributed by atoms with Crippen molar-refractivity contribution in [1.82, 2.24) is 4.90 Å². The molecule has 0 unspecified atom stereocenters. The third-order valence-electron chi connectivity index (χ3n) is 5.70. The van der Waals surface area contributed by atoms with E-state index in [-0.39, 0.29) is 11.8 Å². The van der Waals surface area contributed by atoms with Crippen molar-refractivity contribution < 1.29 is 19.1 Å². The number of rotatable bonds is 6. The topological polar surface area (TPSA) is 102 Å². The number of anilines is 1. The molecule has 168 valence electrons. The number of hydrogen-bond acceptors (Lipinski definition) is 4. The van der Waals surface area contributed by atoms with Gasteiger partial charge in [-0.3, -0.25) is 14.4 Å². The SMILES string of the molecule is Cc1c(NC(=O)c2ccc(Oc3ccc(C(N)=O)cc3)cc2)cccc1C(=O)N1CCCC1. The van der Waals surface area contributed by atoms with Gasteiger partial charge < -0.3 is 20.7 Å². The van der Waals surface area contributed by atoms with Crippen LogP contribution in [0.15, 0.2) is 66.7 Å². The summed E-state index contributed by atoms with van der Waals surface area (Å²) >= 11 is 0. The maximum absolute atomic E-state index is 12.8. The molecule has 1 heterocycles. The highest BCUT2D eigenvalue weighted by Gasteiger charge is 2.22. The second-order valence-corrected chi connectivity index (χ2v) is 7.95. The third-order valence-corrected chi connectivity index (χ3v) is 5.70. The average Bonchev–Trinajstić information content (AvgIpc) is 3.36. The molecular formula is C26H25N3O4. The minimum atomic E-state index is -0.502. The summed E-state index contributed by atoms with van der Waals surface area (Å²) in [7, 11) is 0. The third kappa shape index (κ3) is 5.03. The molecule has 3 N–H and O–H groups in total. The standard InChI is InChI=1S/C26H25N3O4/c1-17-22(26(32)29-15-2-3-16-29)5-4-6-23(17)28-25(31)19-9-13-21(14-10-19)33-20-11-7-18(8-12-20)24(27)30/h4-14H,2-3,15-16H2,1H3,(H2,27,30)(H,28,31). The highest BCUT2D eigenvalue weighted by molar-refractivity contribution is 6.06. The Kier molecular flexibility index (Phi) is 6.40. The first kappa shape index (κ1) is 22.1. The number of primary amides is 1. The van der Waals surface area contributed by atoms with Gasteiger partial charge in [0.1, 0.15) is 11.5 Å². The Morgan fingerprint density at radius 2 is 1.42 bits per heavy atom. The predicted octanol–water partition coefficient (Wildman–Crippen LogP) is 4.37. The van der Waals surface area contributed by atoms with E-state index in [1.165, 1.54) is 0 Å². The Morgan fingerprint density at radius 1 is 0.848 bits per heavy atom. The Morgan fingerprint density at radius 3 is 2.00 bits per heavy atom. The summed E-state index contributed by atoms with van der Waals surface area (Å²) in [5.41, 5.74) is 8.07. The van der Waals surface area contributed by atoms with Crippen molar-refractivity contribution in [3.63, 3.8) is 0 Å². The Bertz CT molecular complexity index is 1180. The minimum absolute atomic E-state index is 0.00598. The van der Waals surface area contributed by atoms with Gasteiger partial charge in [0, 0.05) is 35.5 Å². The van der Waals surface area contributed by atoms with Crippen LogP contribution in [-0.4, -0.2) is 35.7 Å². The van der Waals surface area contributed by atoms with Crippen molar-refractivity contribution >= 4 is 23.4 Å². The van der Waals surface area contributed by atoms with E-state index in [1.54, 1.807) is 66.7 Å². The van der Waals surface area contributed by atoms with Crippen molar-refractivity contribution in [3.05, 3.63) is 89.0 Å². The van der Waals surface area contributed by atoms with Crippen molar-refractivity contribution in [3.8, 4) is 11.5 Å². The molecular weight excluding hydrogens is 418 g/mol. The number of carbonyl (C=O) groups excluding carboxylic acids is 3. The van der Waals surface area contributed by atoms with Crippen LogP contribution in [0.1, 0.15) is 49.5 Å². The van der Waals surface area contributed by atoms with E-state index in [1.807, 2.05) is 11.8 Å². The van der Waals surface area contributed by atoms with Crippen molar-refractivity contribution in [2.75, 3.05) is 18.4 Å². The predicted molar refractivity (Wildman–Crippen MR) is 126 cm³/mol. The summed E-state index contributed by atoms with van der Waals surface area (Å²) in [6, 6.07) is 18.6. The Labute approximate surface area is 192 Å². The molecule has 0 radical (unpaired) electrons. The number of carbonyl (C=O) groups is 3. The summed E-state index contributed by atoms with van der Waals surface area (Å²) in [5.74, 6) is 0.325. The van der Waals surface area contributed by atoms with Crippen LogP contribution in [0.2, 0.25) is 0 Å². The van der Waals surface area contributed by atoms with Gasteiger partial charge in [0.25, 0.3) is 11.8 Å². The van der Waals surface area contributed by atoms with Crippen LogP contribution in [0.5, 0.6) is 11.5 Å². The van der Waals surface area contributed by atoms with Crippen LogP contribution < -0.4 is 15.8 Å². The summed E-state index contributed by atoms with van der Waals surface area (Å²) in [6.45, 7) is 3.40. The summed E-state index contributed by atoms with van der Waals surface area (Å²) in [5, 5.41) is 2.90. The fourth-order valence-corrected chi connectivity index (χ4v) is 3.79. The molecule has 1 aliphatic rings. The lowest BCUT2D eigenvalue weighted by Crippen LogP contribution is -2.28. The zero-order chi connectivity index (χ0) is 23.4. The van der Waals surface area contributed by atoms with E-state index >= 15 is 0 Å². The summed E-state index contributed by atoms with van der Waals surface area (Å²) in [4.78, 5) is 38.6. The zero-order valence-corrected chi connectivity index (χ0v) is 18.3.